The van der Waals surface area contributed by atoms with Crippen molar-refractivity contribution in [2.45, 2.75) is 44.8 Å². The van der Waals surface area contributed by atoms with E-state index in [9.17, 15) is 14.3 Å². The second-order valence-corrected chi connectivity index (χ2v) is 7.52. The number of benzene rings is 2. The molecule has 28 heavy (non-hydrogen) atoms. The predicted molar refractivity (Wildman–Crippen MR) is 107 cm³/mol. The van der Waals surface area contributed by atoms with Crippen molar-refractivity contribution in [1.29, 1.82) is 0 Å². The number of aliphatic hydroxyl groups is 1. The maximum Gasteiger partial charge on any atom is 0.130 e. The zero-order valence-electron chi connectivity index (χ0n) is 16.3. The van der Waals surface area contributed by atoms with Crippen LogP contribution in [0.3, 0.4) is 0 Å². The van der Waals surface area contributed by atoms with Crippen molar-refractivity contribution >= 4 is 5.78 Å². The van der Waals surface area contributed by atoms with Crippen LogP contribution in [0.15, 0.2) is 48.5 Å². The van der Waals surface area contributed by atoms with Gasteiger partial charge in [-0.3, -0.25) is 4.90 Å². The number of carbonyl (C=O) groups is 1. The van der Waals surface area contributed by atoms with E-state index in [1.165, 1.54) is 12.1 Å². The first kappa shape index (κ1) is 20.5. The highest BCUT2D eigenvalue weighted by Gasteiger charge is 2.27. The minimum Gasteiger partial charge on any atom is -0.491 e. The summed E-state index contributed by atoms with van der Waals surface area (Å²) in [4.78, 5) is 13.3. The molecule has 1 aliphatic rings. The summed E-state index contributed by atoms with van der Waals surface area (Å²) >= 11 is 0. The van der Waals surface area contributed by atoms with Gasteiger partial charge in [0.2, 0.25) is 0 Å². The maximum atomic E-state index is 13.2. The molecule has 1 aliphatic heterocycles. The average Bonchev–Trinajstić information content (AvgIpc) is 3.14. The molecule has 4 nitrogen and oxygen atoms in total. The summed E-state index contributed by atoms with van der Waals surface area (Å²) in [5, 5.41) is 10.4. The molecule has 5 heteroatoms. The summed E-state index contributed by atoms with van der Waals surface area (Å²) < 4.78 is 18.9. The Morgan fingerprint density at radius 3 is 2.61 bits per heavy atom. The van der Waals surface area contributed by atoms with E-state index in [0.717, 1.165) is 36.9 Å². The molecule has 0 unspecified atom stereocenters. The Morgan fingerprint density at radius 1 is 1.21 bits per heavy atom. The van der Waals surface area contributed by atoms with E-state index in [1.807, 2.05) is 36.4 Å². The second-order valence-electron chi connectivity index (χ2n) is 7.52. The van der Waals surface area contributed by atoms with Gasteiger partial charge in [0.1, 0.15) is 30.1 Å². The number of hydrogen-bond acceptors (Lipinski definition) is 4. The average molecular weight is 385 g/mol. The number of nitrogens with zero attached hydrogens (tertiary/aromatic N) is 1. The fourth-order valence-electron chi connectivity index (χ4n) is 3.70. The first-order valence-electron chi connectivity index (χ1n) is 9.90. The molecule has 0 spiro atoms. The van der Waals surface area contributed by atoms with Crippen LogP contribution in [0, 0.1) is 5.82 Å². The number of halogens is 1. The first-order valence-corrected chi connectivity index (χ1v) is 9.90. The highest BCUT2D eigenvalue weighted by Crippen LogP contribution is 2.32. The SMILES string of the molecule is CC(=O)CCc1ccc(OC[C@@H](O)CN2CCC[C@H]2c2ccc(F)cc2)cc1. The van der Waals surface area contributed by atoms with Crippen LogP contribution in [0.1, 0.15) is 43.4 Å². The van der Waals surface area contributed by atoms with Crippen molar-refractivity contribution in [2.75, 3.05) is 19.7 Å². The highest BCUT2D eigenvalue weighted by atomic mass is 19.1. The van der Waals surface area contributed by atoms with Crippen LogP contribution in [0.2, 0.25) is 0 Å². The molecule has 150 valence electrons. The topological polar surface area (TPSA) is 49.8 Å². The number of ketones is 1. The summed E-state index contributed by atoms with van der Waals surface area (Å²) in [6, 6.07) is 14.5. The van der Waals surface area contributed by atoms with Crippen LogP contribution < -0.4 is 4.74 Å². The van der Waals surface area contributed by atoms with E-state index in [2.05, 4.69) is 4.90 Å². The van der Waals surface area contributed by atoms with Gasteiger partial charge in [-0.25, -0.2) is 4.39 Å². The number of rotatable bonds is 9. The molecule has 1 fully saturated rings. The molecule has 0 aliphatic carbocycles. The smallest absolute Gasteiger partial charge is 0.130 e. The minimum absolute atomic E-state index is 0.185. The van der Waals surface area contributed by atoms with E-state index in [4.69, 9.17) is 4.74 Å². The van der Waals surface area contributed by atoms with Gasteiger partial charge in [0.15, 0.2) is 0 Å². The third-order valence-corrected chi connectivity index (χ3v) is 5.20. The van der Waals surface area contributed by atoms with Gasteiger partial charge in [-0.15, -0.1) is 0 Å². The molecule has 0 saturated carbocycles. The van der Waals surface area contributed by atoms with E-state index in [0.29, 0.717) is 18.7 Å². The molecule has 0 radical (unpaired) electrons. The lowest BCUT2D eigenvalue weighted by Gasteiger charge is -2.27. The molecule has 2 atom stereocenters. The number of Topliss-reactive ketones (excluding diaryl/α,β-unsaturated/α-hetero) is 1. The normalized spacial score (nSPS) is 18.2. The van der Waals surface area contributed by atoms with Gasteiger partial charge in [-0.05, 0) is 68.1 Å². The highest BCUT2D eigenvalue weighted by molar-refractivity contribution is 5.75. The second kappa shape index (κ2) is 9.80. The van der Waals surface area contributed by atoms with Crippen LogP contribution in [-0.4, -0.2) is 41.6 Å². The summed E-state index contributed by atoms with van der Waals surface area (Å²) in [5.41, 5.74) is 2.19. The Balaban J connectivity index is 1.47. The van der Waals surface area contributed by atoms with E-state index in [-0.39, 0.29) is 24.2 Å². The Hall–Kier alpha value is -2.24. The maximum absolute atomic E-state index is 13.2. The predicted octanol–water partition coefficient (Wildman–Crippen LogP) is 3.92. The molecular formula is C23H28FNO3. The van der Waals surface area contributed by atoms with Crippen molar-refractivity contribution in [3.05, 3.63) is 65.5 Å². The molecule has 1 heterocycles. The minimum atomic E-state index is -0.599. The van der Waals surface area contributed by atoms with Crippen molar-refractivity contribution in [3.63, 3.8) is 0 Å². The van der Waals surface area contributed by atoms with Gasteiger partial charge in [0.25, 0.3) is 0 Å². The molecule has 0 aromatic heterocycles. The molecule has 2 aromatic carbocycles. The fraction of sp³-hybridized carbons (Fsp3) is 0.435. The Kier molecular flexibility index (Phi) is 7.18. The zero-order chi connectivity index (χ0) is 19.9. The summed E-state index contributed by atoms with van der Waals surface area (Å²) in [7, 11) is 0. The summed E-state index contributed by atoms with van der Waals surface area (Å²) in [6.07, 6.45) is 2.76. The Bertz CT molecular complexity index is 760. The van der Waals surface area contributed by atoms with Crippen LogP contribution in [0.5, 0.6) is 5.75 Å². The molecular weight excluding hydrogens is 357 g/mol. The van der Waals surface area contributed by atoms with Crippen molar-refractivity contribution < 1.29 is 19.0 Å². The number of hydrogen-bond donors (Lipinski definition) is 1. The zero-order valence-corrected chi connectivity index (χ0v) is 16.3. The number of aryl methyl sites for hydroxylation is 1. The lowest BCUT2D eigenvalue weighted by molar-refractivity contribution is -0.116. The van der Waals surface area contributed by atoms with Crippen LogP contribution in [0.4, 0.5) is 4.39 Å². The Morgan fingerprint density at radius 2 is 1.93 bits per heavy atom. The van der Waals surface area contributed by atoms with Crippen LogP contribution in [-0.2, 0) is 11.2 Å². The monoisotopic (exact) mass is 385 g/mol. The summed E-state index contributed by atoms with van der Waals surface area (Å²) in [6.45, 7) is 3.27. The van der Waals surface area contributed by atoms with Gasteiger partial charge < -0.3 is 14.6 Å². The van der Waals surface area contributed by atoms with Crippen molar-refractivity contribution in [2.24, 2.45) is 0 Å². The number of carbonyl (C=O) groups excluding carboxylic acids is 1. The number of β-amino-alcohol motifs (C(OH)–C–C–N with tert-alkyl or cyclic N) is 1. The number of likely N-dealkylation sites (tertiary alicyclic amines) is 1. The molecule has 1 N–H and O–H groups in total. The number of aliphatic hydroxyl groups excluding tert-OH is 1. The lowest BCUT2D eigenvalue weighted by atomic mass is 10.0. The van der Waals surface area contributed by atoms with Gasteiger partial charge in [-0.2, -0.15) is 0 Å². The summed E-state index contributed by atoms with van der Waals surface area (Å²) in [5.74, 6) is 0.667. The first-order chi connectivity index (χ1) is 13.5. The molecule has 1 saturated heterocycles. The largest absolute Gasteiger partial charge is 0.491 e. The standard InChI is InChI=1S/C23H28FNO3/c1-17(26)4-5-18-6-12-22(13-7-18)28-16-21(27)15-25-14-2-3-23(25)19-8-10-20(24)11-9-19/h6-13,21,23,27H,2-5,14-16H2,1H3/t21-,23-/m0/s1. The van der Waals surface area contributed by atoms with Gasteiger partial charge in [-0.1, -0.05) is 24.3 Å². The third kappa shape index (κ3) is 5.88. The third-order valence-electron chi connectivity index (χ3n) is 5.20. The van der Waals surface area contributed by atoms with Gasteiger partial charge in [0, 0.05) is 19.0 Å². The lowest BCUT2D eigenvalue weighted by Crippen LogP contribution is -2.35. The van der Waals surface area contributed by atoms with Crippen LogP contribution >= 0.6 is 0 Å². The van der Waals surface area contributed by atoms with E-state index in [1.54, 1.807) is 6.92 Å². The van der Waals surface area contributed by atoms with Gasteiger partial charge >= 0.3 is 0 Å². The quantitative estimate of drug-likeness (QED) is 0.711. The van der Waals surface area contributed by atoms with Crippen LogP contribution in [0.25, 0.3) is 0 Å². The molecule has 3 rings (SSSR count). The molecule has 0 bridgehead atoms. The van der Waals surface area contributed by atoms with Crippen molar-refractivity contribution in [1.82, 2.24) is 4.90 Å². The van der Waals surface area contributed by atoms with E-state index >= 15 is 0 Å². The fourth-order valence-corrected chi connectivity index (χ4v) is 3.70. The molecule has 0 amide bonds. The Labute approximate surface area is 165 Å². The van der Waals surface area contributed by atoms with E-state index < -0.39 is 6.10 Å². The molecule has 2 aromatic rings. The van der Waals surface area contributed by atoms with Gasteiger partial charge in [0.05, 0.1) is 0 Å². The number of ether oxygens (including phenoxy) is 1. The van der Waals surface area contributed by atoms with Crippen molar-refractivity contribution in [3.8, 4) is 5.75 Å².